The predicted molar refractivity (Wildman–Crippen MR) is 120 cm³/mol. The van der Waals surface area contributed by atoms with E-state index < -0.39 is 0 Å². The number of carbonyl (C=O) groups excluding carboxylic acids is 1. The highest BCUT2D eigenvalue weighted by Crippen LogP contribution is 2.35. The number of rotatable bonds is 3. The van der Waals surface area contributed by atoms with Gasteiger partial charge in [0.05, 0.1) is 23.0 Å². The van der Waals surface area contributed by atoms with Crippen LogP contribution in [0.2, 0.25) is 0 Å². The van der Waals surface area contributed by atoms with Crippen LogP contribution in [0, 0.1) is 29.6 Å². The van der Waals surface area contributed by atoms with Gasteiger partial charge >= 0.3 is 0 Å². The molecule has 3 aromatic heterocycles. The number of aryl methyl sites for hydroxylation is 1. The van der Waals surface area contributed by atoms with Gasteiger partial charge < -0.3 is 4.90 Å². The molecule has 1 aliphatic heterocycles. The third-order valence-corrected chi connectivity index (χ3v) is 6.14. The first-order chi connectivity index (χ1) is 14.7. The van der Waals surface area contributed by atoms with Crippen LogP contribution in [-0.2, 0) is 4.79 Å². The predicted octanol–water partition coefficient (Wildman–Crippen LogP) is 4.19. The fourth-order valence-electron chi connectivity index (χ4n) is 4.58. The van der Waals surface area contributed by atoms with E-state index >= 15 is 0 Å². The Balaban J connectivity index is 1.71. The van der Waals surface area contributed by atoms with Crippen LogP contribution in [0.5, 0.6) is 0 Å². The smallest absolute Gasteiger partial charge is 0.157 e. The van der Waals surface area contributed by atoms with Crippen molar-refractivity contribution < 1.29 is 4.79 Å². The molecule has 0 amide bonds. The quantitative estimate of drug-likeness (QED) is 0.636. The molecular weight excluding hydrogens is 388 g/mol. The lowest BCUT2D eigenvalue weighted by atomic mass is 9.77. The molecule has 4 heterocycles. The number of ketones is 1. The maximum absolute atomic E-state index is 12.8. The number of nitriles is 1. The van der Waals surface area contributed by atoms with Gasteiger partial charge in [-0.15, -0.1) is 0 Å². The lowest BCUT2D eigenvalue weighted by Crippen LogP contribution is -2.45. The number of aromatic nitrogens is 4. The molecule has 0 radical (unpaired) electrons. The Labute approximate surface area is 182 Å². The summed E-state index contributed by atoms with van der Waals surface area (Å²) in [4.78, 5) is 24.2. The van der Waals surface area contributed by atoms with Crippen molar-refractivity contribution in [3.63, 3.8) is 0 Å². The lowest BCUT2D eigenvalue weighted by Gasteiger charge is -2.39. The molecule has 0 aromatic carbocycles. The van der Waals surface area contributed by atoms with E-state index in [9.17, 15) is 10.1 Å². The summed E-state index contributed by atoms with van der Waals surface area (Å²) in [5.74, 6) is 1.31. The molecule has 0 spiro atoms. The maximum Gasteiger partial charge on any atom is 0.157 e. The number of anilines is 1. The molecule has 3 aromatic rings. The molecule has 7 heteroatoms. The molecule has 1 aliphatic rings. The molecule has 4 rings (SSSR count). The Morgan fingerprint density at radius 3 is 2.71 bits per heavy atom. The molecule has 0 saturated carbocycles. The highest BCUT2D eigenvalue weighted by atomic mass is 16.1. The number of carbonyl (C=O) groups is 1. The van der Waals surface area contributed by atoms with Crippen LogP contribution in [0.3, 0.4) is 0 Å². The van der Waals surface area contributed by atoms with Gasteiger partial charge in [0.25, 0.3) is 0 Å². The molecule has 160 valence electrons. The minimum atomic E-state index is -0.313. The van der Waals surface area contributed by atoms with E-state index in [1.165, 1.54) is 0 Å². The summed E-state index contributed by atoms with van der Waals surface area (Å²) in [6, 6.07) is 7.87. The number of Topliss-reactive ketones (excluding diaryl/α,β-unsaturated/α-hetero) is 1. The highest BCUT2D eigenvalue weighted by molar-refractivity contribution is 5.86. The molecule has 2 atom stereocenters. The molecular formula is C24H28N6O. The molecule has 31 heavy (non-hydrogen) atoms. The second kappa shape index (κ2) is 7.77. The number of fused-ring (bicyclic) bond motifs is 1. The standard InChI is InChI=1S/C24H28N6O/c1-15-10-20(19-12-17(13-25)6-8-26-19)30-21(15)23(27-14-28-30)29-9-7-18(11-16(29)2)22(31)24(3,4)5/h6,8,10,12,14,16,18H,7,9,11H2,1-5H3/t16-,18-/m0/s1. The van der Waals surface area contributed by atoms with Gasteiger partial charge in [-0.3, -0.25) is 9.78 Å². The van der Waals surface area contributed by atoms with Crippen molar-refractivity contribution in [2.75, 3.05) is 11.4 Å². The summed E-state index contributed by atoms with van der Waals surface area (Å²) in [6.45, 7) is 11.0. The van der Waals surface area contributed by atoms with Crippen molar-refractivity contribution in [1.29, 1.82) is 5.26 Å². The maximum atomic E-state index is 12.8. The first-order valence-corrected chi connectivity index (χ1v) is 10.7. The molecule has 1 saturated heterocycles. The van der Waals surface area contributed by atoms with E-state index in [2.05, 4.69) is 33.0 Å². The average molecular weight is 417 g/mol. The van der Waals surface area contributed by atoms with Gasteiger partial charge in [-0.25, -0.2) is 9.50 Å². The molecule has 0 N–H and O–H groups in total. The lowest BCUT2D eigenvalue weighted by molar-refractivity contribution is -0.131. The molecule has 0 unspecified atom stereocenters. The van der Waals surface area contributed by atoms with Gasteiger partial charge in [-0.2, -0.15) is 10.4 Å². The van der Waals surface area contributed by atoms with Gasteiger partial charge in [-0.1, -0.05) is 20.8 Å². The van der Waals surface area contributed by atoms with Crippen LogP contribution < -0.4 is 4.90 Å². The van der Waals surface area contributed by atoms with Crippen LogP contribution in [-0.4, -0.2) is 38.0 Å². The Morgan fingerprint density at radius 1 is 1.26 bits per heavy atom. The number of nitrogens with zero attached hydrogens (tertiary/aromatic N) is 6. The Hall–Kier alpha value is -3.27. The second-order valence-corrected chi connectivity index (χ2v) is 9.48. The topological polar surface area (TPSA) is 87.2 Å². The van der Waals surface area contributed by atoms with Crippen molar-refractivity contribution in [3.8, 4) is 17.5 Å². The van der Waals surface area contributed by atoms with Crippen molar-refractivity contribution in [2.24, 2.45) is 11.3 Å². The number of piperidine rings is 1. The van der Waals surface area contributed by atoms with Crippen molar-refractivity contribution in [1.82, 2.24) is 19.6 Å². The van der Waals surface area contributed by atoms with E-state index in [-0.39, 0.29) is 17.4 Å². The van der Waals surface area contributed by atoms with Crippen LogP contribution in [0.1, 0.15) is 51.7 Å². The van der Waals surface area contributed by atoms with Gasteiger partial charge in [0, 0.05) is 30.1 Å². The van der Waals surface area contributed by atoms with E-state index in [4.69, 9.17) is 0 Å². The Kier molecular flexibility index (Phi) is 5.26. The largest absolute Gasteiger partial charge is 0.352 e. The minimum absolute atomic E-state index is 0.0884. The first kappa shape index (κ1) is 21.0. The Morgan fingerprint density at radius 2 is 2.03 bits per heavy atom. The number of hydrogen-bond donors (Lipinski definition) is 0. The molecule has 1 fully saturated rings. The average Bonchev–Trinajstić information content (AvgIpc) is 3.09. The summed E-state index contributed by atoms with van der Waals surface area (Å²) in [5.41, 5.74) is 3.77. The zero-order valence-electron chi connectivity index (χ0n) is 18.8. The van der Waals surface area contributed by atoms with E-state index in [0.717, 1.165) is 42.0 Å². The van der Waals surface area contributed by atoms with E-state index in [0.29, 0.717) is 17.0 Å². The van der Waals surface area contributed by atoms with Gasteiger partial charge in [0.1, 0.15) is 17.6 Å². The van der Waals surface area contributed by atoms with Crippen LogP contribution >= 0.6 is 0 Å². The summed E-state index contributed by atoms with van der Waals surface area (Å²) in [7, 11) is 0. The van der Waals surface area contributed by atoms with Crippen LogP contribution in [0.25, 0.3) is 16.9 Å². The summed E-state index contributed by atoms with van der Waals surface area (Å²) < 4.78 is 1.86. The third-order valence-electron chi connectivity index (χ3n) is 6.14. The van der Waals surface area contributed by atoms with E-state index in [1.54, 1.807) is 24.7 Å². The second-order valence-electron chi connectivity index (χ2n) is 9.48. The molecule has 7 nitrogen and oxygen atoms in total. The normalized spacial score (nSPS) is 19.4. The fourth-order valence-corrected chi connectivity index (χ4v) is 4.58. The summed E-state index contributed by atoms with van der Waals surface area (Å²) in [6.07, 6.45) is 4.86. The fraction of sp³-hybridized carbons (Fsp3) is 0.458. The first-order valence-electron chi connectivity index (χ1n) is 10.7. The van der Waals surface area contributed by atoms with Crippen molar-refractivity contribution in [3.05, 3.63) is 41.9 Å². The Bertz CT molecular complexity index is 1180. The van der Waals surface area contributed by atoms with Gasteiger partial charge in [-0.05, 0) is 50.5 Å². The van der Waals surface area contributed by atoms with E-state index in [1.807, 2.05) is 38.3 Å². The number of hydrogen-bond acceptors (Lipinski definition) is 6. The van der Waals surface area contributed by atoms with Gasteiger partial charge in [0.15, 0.2) is 5.82 Å². The third kappa shape index (κ3) is 3.78. The minimum Gasteiger partial charge on any atom is -0.352 e. The summed E-state index contributed by atoms with van der Waals surface area (Å²) in [5, 5.41) is 13.7. The van der Waals surface area contributed by atoms with Crippen LogP contribution in [0.4, 0.5) is 5.82 Å². The summed E-state index contributed by atoms with van der Waals surface area (Å²) >= 11 is 0. The number of pyridine rings is 1. The zero-order chi connectivity index (χ0) is 22.3. The molecule has 0 bridgehead atoms. The zero-order valence-corrected chi connectivity index (χ0v) is 18.8. The van der Waals surface area contributed by atoms with Crippen molar-refractivity contribution in [2.45, 2.75) is 53.5 Å². The van der Waals surface area contributed by atoms with Gasteiger partial charge in [0.2, 0.25) is 0 Å². The molecule has 0 aliphatic carbocycles. The SMILES string of the molecule is Cc1cc(-c2cc(C#N)ccn2)n2ncnc(N3CC[C@H](C(=O)C(C)(C)C)C[C@@H]3C)c12. The highest BCUT2D eigenvalue weighted by Gasteiger charge is 2.36. The van der Waals surface area contributed by atoms with Crippen LogP contribution in [0.15, 0.2) is 30.7 Å². The van der Waals surface area contributed by atoms with Crippen molar-refractivity contribution >= 4 is 17.1 Å². The monoisotopic (exact) mass is 416 g/mol.